The maximum absolute atomic E-state index is 13.4. The number of morpholine rings is 1. The van der Waals surface area contributed by atoms with Crippen molar-refractivity contribution < 1.29 is 27.5 Å². The molecule has 0 bridgehead atoms. The Morgan fingerprint density at radius 1 is 1.00 bits per heavy atom. The highest BCUT2D eigenvalue weighted by molar-refractivity contribution is 7.89. The summed E-state index contributed by atoms with van der Waals surface area (Å²) in [7, 11) is -2.40. The number of rotatable bonds is 7. The fourth-order valence-corrected chi connectivity index (χ4v) is 5.66. The molecule has 9 nitrogen and oxygen atoms in total. The first-order chi connectivity index (χ1) is 16.4. The number of hydrogen-bond donors (Lipinski definition) is 1. The van der Waals surface area contributed by atoms with E-state index >= 15 is 0 Å². The molecule has 0 radical (unpaired) electrons. The Morgan fingerprint density at radius 3 is 2.32 bits per heavy atom. The van der Waals surface area contributed by atoms with Crippen LogP contribution in [0.15, 0.2) is 53.4 Å². The van der Waals surface area contributed by atoms with Crippen molar-refractivity contribution in [1.82, 2.24) is 14.5 Å². The van der Waals surface area contributed by atoms with E-state index in [-0.39, 0.29) is 35.2 Å². The van der Waals surface area contributed by atoms with Crippen molar-refractivity contribution in [2.75, 3.05) is 46.5 Å². The van der Waals surface area contributed by atoms with Crippen molar-refractivity contribution >= 4 is 21.8 Å². The molecule has 2 aliphatic heterocycles. The van der Waals surface area contributed by atoms with Gasteiger partial charge in [0.1, 0.15) is 11.8 Å². The van der Waals surface area contributed by atoms with E-state index in [1.54, 1.807) is 17.0 Å². The molecule has 0 saturated carbocycles. The predicted octanol–water partition coefficient (Wildman–Crippen LogP) is 1.81. The van der Waals surface area contributed by atoms with E-state index in [2.05, 4.69) is 5.32 Å². The van der Waals surface area contributed by atoms with Gasteiger partial charge in [-0.1, -0.05) is 30.3 Å². The highest BCUT2D eigenvalue weighted by Crippen LogP contribution is 2.27. The van der Waals surface area contributed by atoms with Crippen LogP contribution in [0.2, 0.25) is 0 Å². The van der Waals surface area contributed by atoms with Crippen LogP contribution in [0.4, 0.5) is 0 Å². The van der Waals surface area contributed by atoms with E-state index in [9.17, 15) is 18.0 Å². The third kappa shape index (κ3) is 5.08. The molecule has 0 aliphatic carbocycles. The number of carbonyl (C=O) groups excluding carboxylic acids is 2. The summed E-state index contributed by atoms with van der Waals surface area (Å²) in [6.07, 6.45) is 1.85. The molecule has 1 N–H and O–H groups in total. The molecule has 1 atom stereocenters. The molecule has 2 aromatic rings. The quantitative estimate of drug-likeness (QED) is 0.639. The number of methoxy groups -OCH3 is 1. The van der Waals surface area contributed by atoms with E-state index in [1.807, 2.05) is 18.2 Å². The number of hydrogen-bond acceptors (Lipinski definition) is 6. The Morgan fingerprint density at radius 2 is 1.68 bits per heavy atom. The maximum Gasteiger partial charge on any atom is 0.255 e. The minimum absolute atomic E-state index is 0.0116. The molecule has 2 aliphatic rings. The van der Waals surface area contributed by atoms with Gasteiger partial charge < -0.3 is 19.7 Å². The molecule has 0 spiro atoms. The normalized spacial score (nSPS) is 17.9. The van der Waals surface area contributed by atoms with Crippen LogP contribution in [0, 0.1) is 0 Å². The third-order valence-electron chi connectivity index (χ3n) is 6.10. The van der Waals surface area contributed by atoms with Gasteiger partial charge in [0.25, 0.3) is 5.91 Å². The molecule has 2 amide bonds. The van der Waals surface area contributed by atoms with Crippen LogP contribution < -0.4 is 10.1 Å². The Kier molecular flexibility index (Phi) is 7.50. The van der Waals surface area contributed by atoms with E-state index in [0.717, 1.165) is 12.8 Å². The van der Waals surface area contributed by atoms with Crippen molar-refractivity contribution in [2.24, 2.45) is 0 Å². The largest absolute Gasteiger partial charge is 0.496 e. The summed E-state index contributed by atoms with van der Waals surface area (Å²) in [5, 5.41) is 2.82. The van der Waals surface area contributed by atoms with Crippen LogP contribution in [-0.2, 0) is 19.6 Å². The fraction of sp³-hybridized carbons (Fsp3) is 0.417. The van der Waals surface area contributed by atoms with Gasteiger partial charge in [-0.25, -0.2) is 8.42 Å². The number of likely N-dealkylation sites (tertiary alicyclic amines) is 1. The number of sulfonamides is 1. The monoisotopic (exact) mass is 487 g/mol. The molecule has 2 saturated heterocycles. The van der Waals surface area contributed by atoms with Gasteiger partial charge in [0.2, 0.25) is 15.9 Å². The topological polar surface area (TPSA) is 105 Å². The first kappa shape index (κ1) is 24.2. The van der Waals surface area contributed by atoms with E-state index < -0.39 is 22.0 Å². The average molecular weight is 488 g/mol. The number of nitrogens with one attached hydrogen (secondary N) is 1. The SMILES string of the molecule is COc1ccc(S(=O)(=O)N2CCOCC2)cc1C(=O)N[C@H](C(=O)N1CCCC1)c1ccccc1. The van der Waals surface area contributed by atoms with E-state index in [1.165, 1.54) is 29.6 Å². The first-order valence-electron chi connectivity index (χ1n) is 11.3. The molecule has 182 valence electrons. The zero-order valence-electron chi connectivity index (χ0n) is 19.1. The second kappa shape index (κ2) is 10.5. The zero-order chi connectivity index (χ0) is 24.1. The van der Waals surface area contributed by atoms with Crippen LogP contribution in [-0.4, -0.2) is 75.9 Å². The summed E-state index contributed by atoms with van der Waals surface area (Å²) in [4.78, 5) is 28.4. The summed E-state index contributed by atoms with van der Waals surface area (Å²) in [5.41, 5.74) is 0.704. The lowest BCUT2D eigenvalue weighted by Gasteiger charge is -2.26. The van der Waals surface area contributed by atoms with E-state index in [4.69, 9.17) is 9.47 Å². The summed E-state index contributed by atoms with van der Waals surface area (Å²) in [6, 6.07) is 12.3. The highest BCUT2D eigenvalue weighted by atomic mass is 32.2. The van der Waals surface area contributed by atoms with Crippen LogP contribution in [0.5, 0.6) is 5.75 Å². The average Bonchev–Trinajstić information content (AvgIpc) is 3.42. The molecule has 34 heavy (non-hydrogen) atoms. The predicted molar refractivity (Wildman–Crippen MR) is 125 cm³/mol. The number of ether oxygens (including phenoxy) is 2. The lowest BCUT2D eigenvalue weighted by atomic mass is 10.0. The molecule has 2 heterocycles. The molecule has 2 fully saturated rings. The van der Waals surface area contributed by atoms with Gasteiger partial charge in [-0.15, -0.1) is 0 Å². The van der Waals surface area contributed by atoms with E-state index in [0.29, 0.717) is 31.9 Å². The maximum atomic E-state index is 13.4. The van der Waals surface area contributed by atoms with Gasteiger partial charge in [0.05, 0.1) is 30.8 Å². The van der Waals surface area contributed by atoms with Gasteiger partial charge >= 0.3 is 0 Å². The van der Waals surface area contributed by atoms with Crippen LogP contribution in [0.25, 0.3) is 0 Å². The Bertz CT molecular complexity index is 1130. The first-order valence-corrected chi connectivity index (χ1v) is 12.8. The molecular weight excluding hydrogens is 458 g/mol. The van der Waals surface area contributed by atoms with Gasteiger partial charge in [0, 0.05) is 26.2 Å². The molecule has 0 unspecified atom stereocenters. The van der Waals surface area contributed by atoms with Crippen LogP contribution in [0.3, 0.4) is 0 Å². The minimum Gasteiger partial charge on any atom is -0.496 e. The summed E-state index contributed by atoms with van der Waals surface area (Å²) >= 11 is 0. The van der Waals surface area contributed by atoms with Crippen LogP contribution >= 0.6 is 0 Å². The van der Waals surface area contributed by atoms with Gasteiger partial charge in [-0.05, 0) is 36.6 Å². The summed E-state index contributed by atoms with van der Waals surface area (Å²) in [5.74, 6) is -0.552. The zero-order valence-corrected chi connectivity index (χ0v) is 19.9. The fourth-order valence-electron chi connectivity index (χ4n) is 4.22. The Labute approximate surface area is 199 Å². The molecular formula is C24H29N3O6S. The minimum atomic E-state index is -3.81. The number of amides is 2. The molecule has 0 aromatic heterocycles. The Balaban J connectivity index is 1.64. The summed E-state index contributed by atoms with van der Waals surface area (Å²) < 4.78 is 38.2. The number of benzene rings is 2. The molecule has 4 rings (SSSR count). The van der Waals surface area contributed by atoms with Gasteiger partial charge in [-0.2, -0.15) is 4.31 Å². The van der Waals surface area contributed by atoms with Crippen molar-refractivity contribution in [3.05, 3.63) is 59.7 Å². The summed E-state index contributed by atoms with van der Waals surface area (Å²) in [6.45, 7) is 2.43. The highest BCUT2D eigenvalue weighted by Gasteiger charge is 2.32. The Hall–Kier alpha value is -2.95. The van der Waals surface area contributed by atoms with Gasteiger partial charge in [-0.3, -0.25) is 9.59 Å². The third-order valence-corrected chi connectivity index (χ3v) is 7.99. The smallest absolute Gasteiger partial charge is 0.255 e. The van der Waals surface area contributed by atoms with Crippen molar-refractivity contribution in [1.29, 1.82) is 0 Å². The second-order valence-corrected chi connectivity index (χ2v) is 10.2. The standard InChI is InChI=1S/C24H29N3O6S/c1-32-21-10-9-19(34(30,31)27-13-15-33-16-14-27)17-20(21)23(28)25-22(18-7-3-2-4-8-18)24(29)26-11-5-6-12-26/h2-4,7-10,17,22H,5-6,11-16H2,1H3,(H,25,28)/t22-/m0/s1. The second-order valence-electron chi connectivity index (χ2n) is 8.23. The van der Waals surface area contributed by atoms with Crippen molar-refractivity contribution in [3.63, 3.8) is 0 Å². The van der Waals surface area contributed by atoms with Crippen molar-refractivity contribution in [3.8, 4) is 5.75 Å². The van der Waals surface area contributed by atoms with Crippen molar-refractivity contribution in [2.45, 2.75) is 23.8 Å². The van der Waals surface area contributed by atoms with Crippen LogP contribution in [0.1, 0.15) is 34.8 Å². The number of nitrogens with zero attached hydrogens (tertiary/aromatic N) is 2. The number of carbonyl (C=O) groups is 2. The lowest BCUT2D eigenvalue weighted by molar-refractivity contribution is -0.132. The van der Waals surface area contributed by atoms with Gasteiger partial charge in [0.15, 0.2) is 0 Å². The lowest BCUT2D eigenvalue weighted by Crippen LogP contribution is -2.42. The molecule has 10 heteroatoms. The molecule has 2 aromatic carbocycles.